The molecule has 1 amide bonds. The van der Waals surface area contributed by atoms with Crippen LogP contribution in [0.15, 0.2) is 12.1 Å². The molecule has 0 unspecified atom stereocenters. The Morgan fingerprint density at radius 1 is 1.50 bits per heavy atom. The molecule has 5 nitrogen and oxygen atoms in total. The first-order valence-electron chi connectivity index (χ1n) is 4.37. The number of fused-ring (bicyclic) bond motifs is 1. The number of H-pyrrole nitrogens is 1. The first kappa shape index (κ1) is 10.3. The molecule has 2 rings (SSSR count). The molecule has 1 aromatic carbocycles. The number of halogens is 2. The second kappa shape index (κ2) is 3.76. The minimum Gasteiger partial charge on any atom is -0.465 e. The molecule has 0 aliphatic heterocycles. The van der Waals surface area contributed by atoms with Crippen LogP contribution < -0.4 is 5.32 Å². The lowest BCUT2D eigenvalue weighted by atomic mass is 10.3. The predicted molar refractivity (Wildman–Crippen MR) is 50.9 cm³/mol. The van der Waals surface area contributed by atoms with Crippen LogP contribution in [0.3, 0.4) is 0 Å². The number of amides is 1. The van der Waals surface area contributed by atoms with Gasteiger partial charge in [0.25, 0.3) is 0 Å². The van der Waals surface area contributed by atoms with Gasteiger partial charge >= 0.3 is 6.09 Å². The van der Waals surface area contributed by atoms with Crippen molar-refractivity contribution in [2.45, 2.75) is 6.54 Å². The van der Waals surface area contributed by atoms with Gasteiger partial charge in [-0.25, -0.2) is 18.6 Å². The summed E-state index contributed by atoms with van der Waals surface area (Å²) in [5.41, 5.74) is 0.184. The summed E-state index contributed by atoms with van der Waals surface area (Å²) in [6, 6.07) is 2.31. The summed E-state index contributed by atoms with van der Waals surface area (Å²) in [7, 11) is 0. The average Bonchev–Trinajstić information content (AvgIpc) is 2.64. The summed E-state index contributed by atoms with van der Waals surface area (Å²) < 4.78 is 26.0. The maximum absolute atomic E-state index is 13.2. The predicted octanol–water partition coefficient (Wildman–Crippen LogP) is 1.61. The van der Waals surface area contributed by atoms with Crippen molar-refractivity contribution in [3.63, 3.8) is 0 Å². The third kappa shape index (κ3) is 1.79. The second-order valence-electron chi connectivity index (χ2n) is 3.10. The Labute approximate surface area is 88.1 Å². The number of nitrogens with zero attached hydrogens (tertiary/aromatic N) is 1. The Hall–Kier alpha value is -2.18. The molecule has 3 N–H and O–H groups in total. The number of aromatic amines is 1. The Bertz CT molecular complexity index is 553. The molecule has 0 aliphatic rings. The number of carboxylic acid groups (broad SMARTS) is 1. The fourth-order valence-corrected chi connectivity index (χ4v) is 1.31. The van der Waals surface area contributed by atoms with Gasteiger partial charge in [0.15, 0.2) is 11.6 Å². The summed E-state index contributed by atoms with van der Waals surface area (Å²) in [5, 5.41) is 10.4. The van der Waals surface area contributed by atoms with Crippen molar-refractivity contribution in [1.29, 1.82) is 0 Å². The SMILES string of the molecule is O=C(O)NCc1nc2c(F)c(F)ccc2[nH]1. The largest absolute Gasteiger partial charge is 0.465 e. The van der Waals surface area contributed by atoms with Crippen molar-refractivity contribution in [1.82, 2.24) is 15.3 Å². The number of nitrogens with one attached hydrogen (secondary N) is 2. The van der Waals surface area contributed by atoms with E-state index in [-0.39, 0.29) is 17.9 Å². The number of aromatic nitrogens is 2. The van der Waals surface area contributed by atoms with Crippen LogP contribution in [0.1, 0.15) is 5.82 Å². The van der Waals surface area contributed by atoms with Crippen molar-refractivity contribution >= 4 is 17.1 Å². The van der Waals surface area contributed by atoms with Gasteiger partial charge in [-0.2, -0.15) is 0 Å². The molecule has 7 heteroatoms. The zero-order valence-electron chi connectivity index (χ0n) is 7.92. The van der Waals surface area contributed by atoms with Crippen LogP contribution in [0.5, 0.6) is 0 Å². The maximum atomic E-state index is 13.2. The van der Waals surface area contributed by atoms with E-state index in [0.29, 0.717) is 5.52 Å². The molecule has 0 atom stereocenters. The van der Waals surface area contributed by atoms with Gasteiger partial charge in [-0.05, 0) is 12.1 Å². The summed E-state index contributed by atoms with van der Waals surface area (Å²) in [5.74, 6) is -1.81. The van der Waals surface area contributed by atoms with E-state index in [1.54, 1.807) is 0 Å². The van der Waals surface area contributed by atoms with Gasteiger partial charge in [-0.3, -0.25) is 0 Å². The Morgan fingerprint density at radius 3 is 2.94 bits per heavy atom. The van der Waals surface area contributed by atoms with Crippen molar-refractivity contribution in [3.05, 3.63) is 29.6 Å². The molecular formula is C9H7F2N3O2. The van der Waals surface area contributed by atoms with E-state index in [9.17, 15) is 13.6 Å². The third-order valence-corrected chi connectivity index (χ3v) is 2.00. The first-order chi connectivity index (χ1) is 7.58. The number of carbonyl (C=O) groups is 1. The summed E-state index contributed by atoms with van der Waals surface area (Å²) in [6.07, 6.45) is -1.22. The number of hydrogen-bond acceptors (Lipinski definition) is 2. The Morgan fingerprint density at radius 2 is 2.25 bits per heavy atom. The smallest absolute Gasteiger partial charge is 0.405 e. The van der Waals surface area contributed by atoms with Crippen LogP contribution in [0.4, 0.5) is 13.6 Å². The number of hydrogen-bond donors (Lipinski definition) is 3. The monoisotopic (exact) mass is 227 g/mol. The van der Waals surface area contributed by atoms with Gasteiger partial charge < -0.3 is 15.4 Å². The number of rotatable bonds is 2. The molecule has 0 saturated carbocycles. The highest BCUT2D eigenvalue weighted by Crippen LogP contribution is 2.17. The van der Waals surface area contributed by atoms with Crippen LogP contribution in [-0.2, 0) is 6.54 Å². The van der Waals surface area contributed by atoms with Crippen LogP contribution in [0, 0.1) is 11.6 Å². The van der Waals surface area contributed by atoms with Gasteiger partial charge in [0, 0.05) is 0 Å². The van der Waals surface area contributed by atoms with E-state index >= 15 is 0 Å². The van der Waals surface area contributed by atoms with Crippen molar-refractivity contribution < 1.29 is 18.7 Å². The molecule has 1 aromatic heterocycles. The van der Waals surface area contributed by atoms with Crippen molar-refractivity contribution in [3.8, 4) is 0 Å². The van der Waals surface area contributed by atoms with Crippen LogP contribution >= 0.6 is 0 Å². The van der Waals surface area contributed by atoms with E-state index in [1.807, 2.05) is 0 Å². The quantitative estimate of drug-likeness (QED) is 0.729. The fraction of sp³-hybridized carbons (Fsp3) is 0.111. The van der Waals surface area contributed by atoms with Gasteiger partial charge in [0.2, 0.25) is 0 Å². The van der Waals surface area contributed by atoms with Gasteiger partial charge in [-0.15, -0.1) is 0 Å². The van der Waals surface area contributed by atoms with E-state index < -0.39 is 17.7 Å². The minimum absolute atomic E-state index is 0.0922. The second-order valence-corrected chi connectivity index (χ2v) is 3.10. The molecule has 0 spiro atoms. The molecule has 84 valence electrons. The molecule has 0 radical (unpaired) electrons. The molecular weight excluding hydrogens is 220 g/mol. The van der Waals surface area contributed by atoms with E-state index in [2.05, 4.69) is 15.3 Å². The van der Waals surface area contributed by atoms with E-state index in [0.717, 1.165) is 6.07 Å². The summed E-state index contributed by atoms with van der Waals surface area (Å²) in [6.45, 7) is -0.0922. The topological polar surface area (TPSA) is 78.0 Å². The number of imidazole rings is 1. The zero-order chi connectivity index (χ0) is 11.7. The average molecular weight is 227 g/mol. The van der Waals surface area contributed by atoms with E-state index in [4.69, 9.17) is 5.11 Å². The van der Waals surface area contributed by atoms with E-state index in [1.165, 1.54) is 6.07 Å². The van der Waals surface area contributed by atoms with Crippen molar-refractivity contribution in [2.24, 2.45) is 0 Å². The normalized spacial score (nSPS) is 10.6. The van der Waals surface area contributed by atoms with Gasteiger partial charge in [0.05, 0.1) is 12.1 Å². The highest BCUT2D eigenvalue weighted by molar-refractivity contribution is 5.75. The minimum atomic E-state index is -1.22. The lowest BCUT2D eigenvalue weighted by molar-refractivity contribution is 0.193. The van der Waals surface area contributed by atoms with Crippen molar-refractivity contribution in [2.75, 3.05) is 0 Å². The molecule has 0 bridgehead atoms. The van der Waals surface area contributed by atoms with Crippen LogP contribution in [0.2, 0.25) is 0 Å². The van der Waals surface area contributed by atoms with Gasteiger partial charge in [0.1, 0.15) is 11.3 Å². The molecule has 0 fully saturated rings. The Kier molecular flexibility index (Phi) is 2.43. The molecule has 0 saturated heterocycles. The van der Waals surface area contributed by atoms with Gasteiger partial charge in [-0.1, -0.05) is 0 Å². The Balaban J connectivity index is 2.36. The zero-order valence-corrected chi connectivity index (χ0v) is 7.92. The third-order valence-electron chi connectivity index (χ3n) is 2.00. The summed E-state index contributed by atoms with van der Waals surface area (Å²) >= 11 is 0. The fourth-order valence-electron chi connectivity index (χ4n) is 1.31. The number of benzene rings is 1. The lowest BCUT2D eigenvalue weighted by Gasteiger charge is -1.94. The highest BCUT2D eigenvalue weighted by atomic mass is 19.2. The maximum Gasteiger partial charge on any atom is 0.405 e. The molecule has 16 heavy (non-hydrogen) atoms. The molecule has 1 heterocycles. The van der Waals surface area contributed by atoms with Crippen LogP contribution in [0.25, 0.3) is 11.0 Å². The van der Waals surface area contributed by atoms with Crippen LogP contribution in [-0.4, -0.2) is 21.2 Å². The molecule has 0 aliphatic carbocycles. The first-order valence-corrected chi connectivity index (χ1v) is 4.37. The standard InChI is InChI=1S/C9H7F2N3O2/c10-4-1-2-5-8(7(4)11)14-6(13-5)3-12-9(15)16/h1-2,12H,3H2,(H,13,14)(H,15,16). The summed E-state index contributed by atoms with van der Waals surface area (Å²) in [4.78, 5) is 16.6. The molecule has 2 aromatic rings. The highest BCUT2D eigenvalue weighted by Gasteiger charge is 2.11. The lowest BCUT2D eigenvalue weighted by Crippen LogP contribution is -2.20.